The van der Waals surface area contributed by atoms with Gasteiger partial charge in [-0.15, -0.1) is 0 Å². The Labute approximate surface area is 153 Å². The van der Waals surface area contributed by atoms with E-state index in [1.165, 1.54) is 5.56 Å². The van der Waals surface area contributed by atoms with Gasteiger partial charge in [0.2, 0.25) is 5.91 Å². The maximum Gasteiger partial charge on any atom is 0.239 e. The van der Waals surface area contributed by atoms with Crippen LogP contribution in [0, 0.1) is 5.92 Å². The lowest BCUT2D eigenvalue weighted by Crippen LogP contribution is -2.52. The largest absolute Gasteiger partial charge is 0.371 e. The van der Waals surface area contributed by atoms with E-state index in [-0.39, 0.29) is 18.1 Å². The number of carbonyl (C=O) groups is 1. The number of piperidine rings is 1. The molecule has 3 rings (SSSR count). The third kappa shape index (κ3) is 4.19. The molecule has 0 saturated carbocycles. The van der Waals surface area contributed by atoms with Crippen LogP contribution < -0.4 is 0 Å². The van der Waals surface area contributed by atoms with Gasteiger partial charge in [-0.3, -0.25) is 9.69 Å². The molecule has 0 aromatic heterocycles. The molecule has 2 saturated heterocycles. The second-order valence-electron chi connectivity index (χ2n) is 7.09. The molecule has 2 heterocycles. The van der Waals surface area contributed by atoms with Crippen LogP contribution in [-0.4, -0.2) is 54.5 Å². The molecule has 2 atom stereocenters. The Morgan fingerprint density at radius 2 is 1.88 bits per heavy atom. The average Bonchev–Trinajstić information content (AvgIpc) is 2.62. The van der Waals surface area contributed by atoms with Crippen LogP contribution in [0.1, 0.15) is 38.4 Å². The van der Waals surface area contributed by atoms with E-state index in [0.717, 1.165) is 49.4 Å². The van der Waals surface area contributed by atoms with E-state index in [1.54, 1.807) is 0 Å². The summed E-state index contributed by atoms with van der Waals surface area (Å²) in [6.07, 6.45) is 2.30. The van der Waals surface area contributed by atoms with Crippen molar-refractivity contribution in [3.05, 3.63) is 34.3 Å². The minimum absolute atomic E-state index is 0.0449. The van der Waals surface area contributed by atoms with Crippen LogP contribution in [0.3, 0.4) is 0 Å². The maximum atomic E-state index is 12.8. The van der Waals surface area contributed by atoms with Gasteiger partial charge in [0.25, 0.3) is 0 Å². The number of hydrogen-bond acceptors (Lipinski definition) is 3. The number of morpholine rings is 1. The standard InChI is InChI=1S/C19H27BrN2O2/c1-14-7-9-21(10-8-14)19(23)15(2)22-11-12-24-18(13-22)16-3-5-17(20)6-4-16/h3-6,14-15,18H,7-13H2,1-2H3. The molecule has 24 heavy (non-hydrogen) atoms. The van der Waals surface area contributed by atoms with E-state index in [4.69, 9.17) is 4.74 Å². The second-order valence-corrected chi connectivity index (χ2v) is 8.01. The summed E-state index contributed by atoms with van der Waals surface area (Å²) in [5.74, 6) is 1.02. The van der Waals surface area contributed by atoms with E-state index in [2.05, 4.69) is 44.8 Å². The molecule has 2 unspecified atom stereocenters. The van der Waals surface area contributed by atoms with Crippen LogP contribution in [0.4, 0.5) is 0 Å². The van der Waals surface area contributed by atoms with Crippen LogP contribution >= 0.6 is 15.9 Å². The third-order valence-corrected chi connectivity index (χ3v) is 5.87. The highest BCUT2D eigenvalue weighted by Gasteiger charge is 2.32. The number of rotatable bonds is 3. The van der Waals surface area contributed by atoms with Gasteiger partial charge in [-0.25, -0.2) is 0 Å². The van der Waals surface area contributed by atoms with Crippen molar-refractivity contribution in [1.82, 2.24) is 9.80 Å². The zero-order valence-corrected chi connectivity index (χ0v) is 16.2. The van der Waals surface area contributed by atoms with Gasteiger partial charge in [-0.05, 0) is 43.4 Å². The molecule has 1 aromatic rings. The molecule has 5 heteroatoms. The van der Waals surface area contributed by atoms with Crippen LogP contribution in [0.5, 0.6) is 0 Å². The van der Waals surface area contributed by atoms with E-state index >= 15 is 0 Å². The number of likely N-dealkylation sites (tertiary alicyclic amines) is 1. The predicted octanol–water partition coefficient (Wildman–Crippen LogP) is 3.47. The quantitative estimate of drug-likeness (QED) is 0.786. The lowest BCUT2D eigenvalue weighted by molar-refractivity contribution is -0.141. The lowest BCUT2D eigenvalue weighted by Gasteiger charge is -2.39. The monoisotopic (exact) mass is 394 g/mol. The van der Waals surface area contributed by atoms with Gasteiger partial charge in [0, 0.05) is 30.7 Å². The summed E-state index contributed by atoms with van der Waals surface area (Å²) in [5, 5.41) is 0. The van der Waals surface area contributed by atoms with Crippen LogP contribution in [0.25, 0.3) is 0 Å². The Bertz CT molecular complexity index is 555. The Hall–Kier alpha value is -0.910. The zero-order chi connectivity index (χ0) is 17.1. The minimum atomic E-state index is -0.0692. The van der Waals surface area contributed by atoms with E-state index < -0.39 is 0 Å². The number of halogens is 1. The summed E-state index contributed by atoms with van der Waals surface area (Å²) in [4.78, 5) is 17.2. The summed E-state index contributed by atoms with van der Waals surface area (Å²) >= 11 is 3.47. The van der Waals surface area contributed by atoms with Crippen molar-refractivity contribution in [3.8, 4) is 0 Å². The molecule has 2 aliphatic rings. The first kappa shape index (κ1) is 17.9. The Morgan fingerprint density at radius 3 is 2.54 bits per heavy atom. The summed E-state index contributed by atoms with van der Waals surface area (Å²) < 4.78 is 7.01. The highest BCUT2D eigenvalue weighted by molar-refractivity contribution is 9.10. The first-order valence-electron chi connectivity index (χ1n) is 8.94. The first-order chi connectivity index (χ1) is 11.5. The van der Waals surface area contributed by atoms with Gasteiger partial charge in [0.1, 0.15) is 0 Å². The van der Waals surface area contributed by atoms with Gasteiger partial charge in [0.15, 0.2) is 0 Å². The molecule has 0 radical (unpaired) electrons. The van der Waals surface area contributed by atoms with Gasteiger partial charge in [-0.1, -0.05) is 35.0 Å². The van der Waals surface area contributed by atoms with Crippen molar-refractivity contribution < 1.29 is 9.53 Å². The Morgan fingerprint density at radius 1 is 1.21 bits per heavy atom. The van der Waals surface area contributed by atoms with E-state index in [0.29, 0.717) is 6.61 Å². The molecule has 0 N–H and O–H groups in total. The maximum absolute atomic E-state index is 12.8. The first-order valence-corrected chi connectivity index (χ1v) is 9.74. The van der Waals surface area contributed by atoms with Crippen molar-refractivity contribution in [2.45, 2.75) is 38.8 Å². The summed E-state index contributed by atoms with van der Waals surface area (Å²) in [5.41, 5.74) is 1.18. The van der Waals surface area contributed by atoms with E-state index in [1.807, 2.05) is 19.1 Å². The third-order valence-electron chi connectivity index (χ3n) is 5.34. The Balaban J connectivity index is 1.61. The second kappa shape index (κ2) is 7.98. The molecule has 2 aliphatic heterocycles. The van der Waals surface area contributed by atoms with Gasteiger partial charge in [0.05, 0.1) is 18.8 Å². The normalized spacial score (nSPS) is 24.8. The van der Waals surface area contributed by atoms with Crippen molar-refractivity contribution >= 4 is 21.8 Å². The van der Waals surface area contributed by atoms with Crippen molar-refractivity contribution in [1.29, 1.82) is 0 Å². The Kier molecular flexibility index (Phi) is 5.95. The number of carbonyl (C=O) groups excluding carboxylic acids is 1. The molecular formula is C19H27BrN2O2. The number of hydrogen-bond donors (Lipinski definition) is 0. The molecule has 0 spiro atoms. The smallest absolute Gasteiger partial charge is 0.239 e. The van der Waals surface area contributed by atoms with Crippen LogP contribution in [-0.2, 0) is 9.53 Å². The van der Waals surface area contributed by atoms with E-state index in [9.17, 15) is 4.79 Å². The molecule has 4 nitrogen and oxygen atoms in total. The van der Waals surface area contributed by atoms with Gasteiger partial charge >= 0.3 is 0 Å². The SMILES string of the molecule is CC1CCN(C(=O)C(C)N2CCOC(c3ccc(Br)cc3)C2)CC1. The van der Waals surface area contributed by atoms with Crippen LogP contribution in [0.15, 0.2) is 28.7 Å². The molecule has 0 aliphatic carbocycles. The fourth-order valence-corrected chi connectivity index (χ4v) is 3.81. The number of amides is 1. The molecule has 1 amide bonds. The van der Waals surface area contributed by atoms with Crippen molar-refractivity contribution in [2.75, 3.05) is 32.8 Å². The fourth-order valence-electron chi connectivity index (χ4n) is 3.55. The number of ether oxygens (including phenoxy) is 1. The minimum Gasteiger partial charge on any atom is -0.371 e. The zero-order valence-electron chi connectivity index (χ0n) is 14.6. The summed E-state index contributed by atoms with van der Waals surface area (Å²) in [7, 11) is 0. The summed E-state index contributed by atoms with van der Waals surface area (Å²) in [6, 6.07) is 8.20. The highest BCUT2D eigenvalue weighted by atomic mass is 79.9. The topological polar surface area (TPSA) is 32.8 Å². The summed E-state index contributed by atoms with van der Waals surface area (Å²) in [6.45, 7) is 8.41. The predicted molar refractivity (Wildman–Crippen MR) is 98.8 cm³/mol. The lowest BCUT2D eigenvalue weighted by atomic mass is 9.98. The molecule has 0 bridgehead atoms. The van der Waals surface area contributed by atoms with Gasteiger partial charge < -0.3 is 9.64 Å². The highest BCUT2D eigenvalue weighted by Crippen LogP contribution is 2.26. The molecule has 132 valence electrons. The number of nitrogens with zero attached hydrogens (tertiary/aromatic N) is 2. The number of benzene rings is 1. The fraction of sp³-hybridized carbons (Fsp3) is 0.632. The van der Waals surface area contributed by atoms with Crippen molar-refractivity contribution in [2.24, 2.45) is 5.92 Å². The molecular weight excluding hydrogens is 368 g/mol. The molecule has 2 fully saturated rings. The molecule has 1 aromatic carbocycles. The van der Waals surface area contributed by atoms with Crippen molar-refractivity contribution in [3.63, 3.8) is 0 Å². The average molecular weight is 395 g/mol. The van der Waals surface area contributed by atoms with Gasteiger partial charge in [-0.2, -0.15) is 0 Å². The van der Waals surface area contributed by atoms with Crippen LogP contribution in [0.2, 0.25) is 0 Å².